The molecule has 1 aromatic carbocycles. The fourth-order valence-electron chi connectivity index (χ4n) is 4.96. The third-order valence-corrected chi connectivity index (χ3v) is 7.49. The second kappa shape index (κ2) is 12.3. The van der Waals surface area contributed by atoms with Crippen molar-refractivity contribution in [2.24, 2.45) is 5.92 Å². The van der Waals surface area contributed by atoms with Crippen molar-refractivity contribution in [1.82, 2.24) is 20.5 Å². The summed E-state index contributed by atoms with van der Waals surface area (Å²) in [6, 6.07) is 10.5. The summed E-state index contributed by atoms with van der Waals surface area (Å²) in [4.78, 5) is 21.9. The second-order valence-corrected chi connectivity index (χ2v) is 9.29. The van der Waals surface area contributed by atoms with Crippen LogP contribution in [0.5, 0.6) is 0 Å². The monoisotopic (exact) mass is 530 g/mol. The lowest BCUT2D eigenvalue weighted by atomic mass is 9.93. The zero-order valence-electron chi connectivity index (χ0n) is 18.1. The van der Waals surface area contributed by atoms with Crippen LogP contribution in [0.25, 0.3) is 10.8 Å². The van der Waals surface area contributed by atoms with E-state index in [0.29, 0.717) is 11.5 Å². The third kappa shape index (κ3) is 5.45. The van der Waals surface area contributed by atoms with E-state index >= 15 is 0 Å². The second-order valence-electron chi connectivity index (χ2n) is 8.21. The van der Waals surface area contributed by atoms with Crippen molar-refractivity contribution >= 4 is 71.5 Å². The van der Waals surface area contributed by atoms with Gasteiger partial charge in [-0.2, -0.15) is 5.26 Å². The van der Waals surface area contributed by atoms with Gasteiger partial charge in [0.05, 0.1) is 17.5 Å². The highest BCUT2D eigenvalue weighted by molar-refractivity contribution is 7.99. The van der Waals surface area contributed by atoms with Gasteiger partial charge in [0.2, 0.25) is 5.91 Å². The maximum absolute atomic E-state index is 12.9. The molecule has 5 rings (SSSR count). The lowest BCUT2D eigenvalue weighted by molar-refractivity contribution is -0.131. The molecule has 1 amide bonds. The zero-order valence-corrected chi connectivity index (χ0v) is 21.4. The Morgan fingerprint density at radius 3 is 2.67 bits per heavy atom. The lowest BCUT2D eigenvalue weighted by Crippen LogP contribution is -2.55. The van der Waals surface area contributed by atoms with Crippen molar-refractivity contribution in [3.05, 3.63) is 36.0 Å². The minimum Gasteiger partial charge on any atom is -0.350 e. The number of piperazine rings is 1. The molecule has 0 aliphatic carbocycles. The van der Waals surface area contributed by atoms with E-state index < -0.39 is 0 Å². The molecule has 33 heavy (non-hydrogen) atoms. The van der Waals surface area contributed by atoms with Crippen LogP contribution >= 0.6 is 49.0 Å². The van der Waals surface area contributed by atoms with Crippen molar-refractivity contribution in [2.75, 3.05) is 49.3 Å². The molecule has 1 aromatic heterocycles. The van der Waals surface area contributed by atoms with Crippen LogP contribution in [0, 0.1) is 17.2 Å². The van der Waals surface area contributed by atoms with E-state index in [9.17, 15) is 10.1 Å². The van der Waals surface area contributed by atoms with Gasteiger partial charge in [0, 0.05) is 61.5 Å². The number of aromatic nitrogens is 1. The molecule has 11 heteroatoms. The number of halogens is 3. The van der Waals surface area contributed by atoms with E-state index in [1.807, 2.05) is 34.9 Å². The number of carbonyl (C=O) groups is 1. The molecule has 0 radical (unpaired) electrons. The highest BCUT2D eigenvalue weighted by Crippen LogP contribution is 2.32. The molecule has 0 bridgehead atoms. The summed E-state index contributed by atoms with van der Waals surface area (Å²) in [6.45, 7) is 4.35. The van der Waals surface area contributed by atoms with Crippen LogP contribution in [0.15, 0.2) is 30.5 Å². The topological polar surface area (TPSA) is 84.3 Å². The van der Waals surface area contributed by atoms with Crippen molar-refractivity contribution in [3.8, 4) is 6.07 Å². The molecule has 3 saturated heterocycles. The Morgan fingerprint density at radius 2 is 1.94 bits per heavy atom. The molecule has 0 spiro atoms. The Bertz CT molecular complexity index is 1000. The number of anilines is 1. The maximum Gasteiger partial charge on any atom is 0.240 e. The number of carbonyl (C=O) groups excluding carboxylic acids is 1. The average molecular weight is 532 g/mol. The first-order valence-corrected chi connectivity index (χ1v) is 11.8. The largest absolute Gasteiger partial charge is 0.350 e. The van der Waals surface area contributed by atoms with Crippen molar-refractivity contribution in [2.45, 2.75) is 18.5 Å². The summed E-state index contributed by atoms with van der Waals surface area (Å²) >= 11 is 1.83. The van der Waals surface area contributed by atoms with Crippen LogP contribution in [0.4, 0.5) is 5.82 Å². The summed E-state index contributed by atoms with van der Waals surface area (Å²) in [5.41, 5.74) is 0.609. The number of hydrogen-bond acceptors (Lipinski definition) is 7. The van der Waals surface area contributed by atoms with Crippen molar-refractivity contribution in [3.63, 3.8) is 0 Å². The van der Waals surface area contributed by atoms with E-state index in [0.717, 1.165) is 67.4 Å². The number of amides is 1. The van der Waals surface area contributed by atoms with Crippen LogP contribution in [-0.4, -0.2) is 72.2 Å². The summed E-state index contributed by atoms with van der Waals surface area (Å²) in [5.74, 6) is 3.43. The molecule has 2 aromatic rings. The Labute approximate surface area is 217 Å². The molecule has 3 aliphatic heterocycles. The van der Waals surface area contributed by atoms with Gasteiger partial charge in [-0.1, -0.05) is 24.3 Å². The van der Waals surface area contributed by atoms with E-state index in [1.54, 1.807) is 6.20 Å². The van der Waals surface area contributed by atoms with E-state index in [4.69, 9.17) is 4.98 Å². The quantitative estimate of drug-likeness (QED) is 0.630. The molecule has 4 heterocycles. The van der Waals surface area contributed by atoms with Gasteiger partial charge in [0.15, 0.2) is 0 Å². The van der Waals surface area contributed by atoms with Gasteiger partial charge < -0.3 is 20.4 Å². The number of nitrogens with zero attached hydrogens (tertiary/aromatic N) is 4. The van der Waals surface area contributed by atoms with Gasteiger partial charge in [-0.05, 0) is 12.3 Å². The fourth-order valence-corrected chi connectivity index (χ4v) is 5.91. The summed E-state index contributed by atoms with van der Waals surface area (Å²) in [7, 11) is 0. The molecule has 7 nitrogen and oxygen atoms in total. The zero-order chi connectivity index (χ0) is 20.5. The predicted octanol–water partition coefficient (Wildman–Crippen LogP) is 2.66. The number of pyridine rings is 1. The number of benzene rings is 1. The van der Waals surface area contributed by atoms with Gasteiger partial charge in [0.25, 0.3) is 0 Å². The molecular weight excluding hydrogens is 503 g/mol. The first-order chi connectivity index (χ1) is 14.8. The average Bonchev–Trinajstić information content (AvgIpc) is 3.50. The van der Waals surface area contributed by atoms with Crippen LogP contribution < -0.4 is 15.5 Å². The summed E-state index contributed by atoms with van der Waals surface area (Å²) < 4.78 is 0. The number of nitriles is 1. The highest BCUT2D eigenvalue weighted by Gasteiger charge is 2.40. The Hall–Kier alpha value is -1.47. The molecule has 3 unspecified atom stereocenters. The number of thioether (sulfide) groups is 1. The first kappa shape index (κ1) is 27.8. The molecule has 3 atom stereocenters. The highest BCUT2D eigenvalue weighted by atomic mass is 35.5. The molecule has 180 valence electrons. The predicted molar refractivity (Wildman–Crippen MR) is 141 cm³/mol. The van der Waals surface area contributed by atoms with Gasteiger partial charge >= 0.3 is 0 Å². The van der Waals surface area contributed by atoms with Crippen LogP contribution in [-0.2, 0) is 4.79 Å². The van der Waals surface area contributed by atoms with E-state index in [2.05, 4.69) is 27.7 Å². The minimum absolute atomic E-state index is 0. The van der Waals surface area contributed by atoms with E-state index in [-0.39, 0.29) is 55.2 Å². The Kier molecular flexibility index (Phi) is 10.3. The first-order valence-electron chi connectivity index (χ1n) is 10.6. The third-order valence-electron chi connectivity index (χ3n) is 6.52. The Balaban J connectivity index is 0.00000128. The molecule has 3 aliphatic rings. The molecule has 0 saturated carbocycles. The molecular formula is C22H29Cl3N6OS. The normalized spacial score (nSPS) is 24.4. The van der Waals surface area contributed by atoms with E-state index in [1.165, 1.54) is 0 Å². The van der Waals surface area contributed by atoms with Gasteiger partial charge in [-0.15, -0.1) is 49.0 Å². The van der Waals surface area contributed by atoms with Gasteiger partial charge in [-0.25, -0.2) is 4.98 Å². The Morgan fingerprint density at radius 1 is 1.15 bits per heavy atom. The van der Waals surface area contributed by atoms with Gasteiger partial charge in [-0.3, -0.25) is 4.79 Å². The standard InChI is InChI=1S/C22H26N6OS.3ClH/c23-10-16-12-26-21(18-4-2-1-3-17(16)18)28-6-5-24-13-20(28)15-9-19(25-11-15)22(29)27-7-8-30-14-27;;;/h1-4,12,15,19-20,24-25H,5-9,11,13-14H2;3*1H. The smallest absolute Gasteiger partial charge is 0.240 e. The van der Waals surface area contributed by atoms with Crippen LogP contribution in [0.1, 0.15) is 12.0 Å². The lowest BCUT2D eigenvalue weighted by Gasteiger charge is -2.40. The SMILES string of the molecule is Cl.Cl.Cl.N#Cc1cnc(N2CCNCC2C2CNC(C(=O)N3CCSC3)C2)c2ccccc12. The summed E-state index contributed by atoms with van der Waals surface area (Å²) in [6.07, 6.45) is 2.55. The van der Waals surface area contributed by atoms with Crippen LogP contribution in [0.2, 0.25) is 0 Å². The van der Waals surface area contributed by atoms with Crippen LogP contribution in [0.3, 0.4) is 0 Å². The van der Waals surface area contributed by atoms with Crippen molar-refractivity contribution in [1.29, 1.82) is 5.26 Å². The number of rotatable bonds is 3. The van der Waals surface area contributed by atoms with Crippen molar-refractivity contribution < 1.29 is 4.79 Å². The summed E-state index contributed by atoms with van der Waals surface area (Å²) in [5, 5.41) is 18.5. The fraction of sp³-hybridized carbons (Fsp3) is 0.500. The number of nitrogens with one attached hydrogen (secondary N) is 2. The number of fused-ring (bicyclic) bond motifs is 1. The number of hydrogen-bond donors (Lipinski definition) is 2. The van der Waals surface area contributed by atoms with Gasteiger partial charge in [0.1, 0.15) is 11.9 Å². The molecule has 3 fully saturated rings. The molecule has 2 N–H and O–H groups in total. The minimum atomic E-state index is -0.0804. The maximum atomic E-state index is 12.9.